The van der Waals surface area contributed by atoms with Crippen molar-refractivity contribution in [2.45, 2.75) is 16.2 Å². The quantitative estimate of drug-likeness (QED) is 0.454. The second-order valence-corrected chi connectivity index (χ2v) is 6.27. The molecule has 0 aromatic rings. The van der Waals surface area contributed by atoms with E-state index in [2.05, 4.69) is 3.18 Å². The summed E-state index contributed by atoms with van der Waals surface area (Å²) < 4.78 is 36.1. The van der Waals surface area contributed by atoms with Crippen LogP contribution in [0.25, 0.3) is 0 Å². The summed E-state index contributed by atoms with van der Waals surface area (Å²) in [7, 11) is 0. The Hall–Kier alpha value is 0.380. The molecule has 0 unspecified atom stereocenters. The van der Waals surface area contributed by atoms with E-state index in [-0.39, 0.29) is 0 Å². The average Bonchev–Trinajstić information content (AvgIpc) is 1.21. The third kappa shape index (κ3) is 6.38. The molecule has 0 aliphatic carbocycles. The SMILES string of the molecule is C[Te](C)=NC(F)(F)F. The van der Waals surface area contributed by atoms with Gasteiger partial charge in [0, 0.05) is 0 Å². The summed E-state index contributed by atoms with van der Waals surface area (Å²) in [4.78, 5) is 3.10. The monoisotopic (exact) mass is 243 g/mol. The van der Waals surface area contributed by atoms with E-state index in [1.54, 1.807) is 9.94 Å². The topological polar surface area (TPSA) is 12.4 Å². The molecule has 0 saturated carbocycles. The van der Waals surface area contributed by atoms with Gasteiger partial charge in [0.2, 0.25) is 0 Å². The molecule has 0 atom stereocenters. The zero-order valence-electron chi connectivity index (χ0n) is 4.49. The Kier molecular flexibility index (Phi) is 2.92. The van der Waals surface area contributed by atoms with E-state index in [1.165, 1.54) is 0 Å². The summed E-state index contributed by atoms with van der Waals surface area (Å²) in [5.41, 5.74) is 0. The van der Waals surface area contributed by atoms with Crippen molar-refractivity contribution in [3.8, 4) is 0 Å². The van der Waals surface area contributed by atoms with E-state index in [0.29, 0.717) is 0 Å². The normalized spacial score (nSPS) is 12.2. The first-order valence-corrected chi connectivity index (χ1v) is 7.49. The van der Waals surface area contributed by atoms with Crippen LogP contribution in [-0.2, 0) is 0 Å². The summed E-state index contributed by atoms with van der Waals surface area (Å²) in [6.07, 6.45) is -4.28. The summed E-state index contributed by atoms with van der Waals surface area (Å²) in [5, 5.41) is 0. The van der Waals surface area contributed by atoms with Crippen molar-refractivity contribution in [2.24, 2.45) is 3.18 Å². The Labute approximate surface area is 52.4 Å². The van der Waals surface area contributed by atoms with Crippen molar-refractivity contribution < 1.29 is 13.2 Å². The van der Waals surface area contributed by atoms with E-state index in [4.69, 9.17) is 0 Å². The maximum absolute atomic E-state index is 11.2. The Morgan fingerprint density at radius 3 is 1.62 bits per heavy atom. The van der Waals surface area contributed by atoms with Crippen LogP contribution in [-0.4, -0.2) is 25.7 Å². The Bertz CT molecular complexity index is 102. The van der Waals surface area contributed by atoms with Crippen molar-refractivity contribution in [3.63, 3.8) is 0 Å². The van der Waals surface area contributed by atoms with Gasteiger partial charge in [0.15, 0.2) is 0 Å². The van der Waals surface area contributed by atoms with E-state index in [1.807, 2.05) is 0 Å². The zero-order valence-corrected chi connectivity index (χ0v) is 6.82. The number of halogens is 3. The molecular formula is C3H6F3NTe. The fourth-order valence-electron chi connectivity index (χ4n) is 0.207. The van der Waals surface area contributed by atoms with Crippen LogP contribution in [0.4, 0.5) is 13.2 Å². The van der Waals surface area contributed by atoms with Gasteiger partial charge in [-0.2, -0.15) is 0 Å². The molecule has 0 rings (SSSR count). The second kappa shape index (κ2) is 2.79. The van der Waals surface area contributed by atoms with Gasteiger partial charge in [0.1, 0.15) is 0 Å². The molecule has 0 amide bonds. The molecule has 0 aromatic carbocycles. The van der Waals surface area contributed by atoms with Crippen LogP contribution in [0.1, 0.15) is 0 Å². The van der Waals surface area contributed by atoms with E-state index in [9.17, 15) is 13.2 Å². The number of rotatable bonds is 0. The molecule has 0 bridgehead atoms. The van der Waals surface area contributed by atoms with Crippen molar-refractivity contribution in [3.05, 3.63) is 0 Å². The van der Waals surface area contributed by atoms with Gasteiger partial charge in [0.05, 0.1) is 0 Å². The second-order valence-electron chi connectivity index (χ2n) is 1.33. The Balaban J connectivity index is 3.89. The van der Waals surface area contributed by atoms with Gasteiger partial charge in [-0.25, -0.2) is 0 Å². The minimum atomic E-state index is -4.28. The molecule has 5 heteroatoms. The molecule has 50 valence electrons. The molecule has 0 aliphatic heterocycles. The molecule has 1 nitrogen and oxygen atoms in total. The van der Waals surface area contributed by atoms with Crippen LogP contribution in [0.15, 0.2) is 3.18 Å². The van der Waals surface area contributed by atoms with Gasteiger partial charge in [-0.15, -0.1) is 0 Å². The maximum atomic E-state index is 11.2. The van der Waals surface area contributed by atoms with Crippen molar-refractivity contribution in [2.75, 3.05) is 0 Å². The molecule has 0 saturated heterocycles. The van der Waals surface area contributed by atoms with E-state index in [0.717, 1.165) is 0 Å². The predicted octanol–water partition coefficient (Wildman–Crippen LogP) is 2.03. The first kappa shape index (κ1) is 8.38. The summed E-state index contributed by atoms with van der Waals surface area (Å²) in [5.74, 6) is 0. The van der Waals surface area contributed by atoms with Crippen LogP contribution in [0.5, 0.6) is 0 Å². The Morgan fingerprint density at radius 2 is 1.62 bits per heavy atom. The average molecular weight is 241 g/mol. The number of alkyl halides is 3. The van der Waals surface area contributed by atoms with E-state index < -0.39 is 25.7 Å². The number of nitrogens with zero attached hydrogens (tertiary/aromatic N) is 1. The summed E-state index contributed by atoms with van der Waals surface area (Å²) in [6.45, 7) is 0. The number of hydrogen-bond acceptors (Lipinski definition) is 1. The molecule has 0 spiro atoms. The minimum absolute atomic E-state index is 1.55. The summed E-state index contributed by atoms with van der Waals surface area (Å²) in [6, 6.07) is 0. The number of hydrogen-bond donors (Lipinski definition) is 0. The molecule has 0 N–H and O–H groups in total. The van der Waals surface area contributed by atoms with Crippen LogP contribution in [0, 0.1) is 0 Å². The fraction of sp³-hybridized carbons (Fsp3) is 1.00. The molecule has 0 heterocycles. The van der Waals surface area contributed by atoms with Gasteiger partial charge in [-0.1, -0.05) is 0 Å². The van der Waals surface area contributed by atoms with Gasteiger partial charge >= 0.3 is 52.0 Å². The van der Waals surface area contributed by atoms with Crippen LogP contribution in [0.3, 0.4) is 0 Å². The molecule has 0 fully saturated rings. The molecule has 0 aliphatic rings. The van der Waals surface area contributed by atoms with Gasteiger partial charge in [-0.05, 0) is 0 Å². The third-order valence-electron chi connectivity index (χ3n) is 0.286. The molecule has 0 aromatic heterocycles. The van der Waals surface area contributed by atoms with Crippen LogP contribution < -0.4 is 0 Å². The Morgan fingerprint density at radius 1 is 1.25 bits per heavy atom. The standard InChI is InChI=1S/C3H6F3NTe/c1-8(2)7-3(4,5)6/h1-2H3. The van der Waals surface area contributed by atoms with Crippen LogP contribution >= 0.6 is 0 Å². The van der Waals surface area contributed by atoms with Gasteiger partial charge in [-0.3, -0.25) is 0 Å². The summed E-state index contributed by atoms with van der Waals surface area (Å²) >= 11 is -2.05. The third-order valence-corrected chi connectivity index (χ3v) is 1.92. The first-order chi connectivity index (χ1) is 3.42. The van der Waals surface area contributed by atoms with Crippen LogP contribution in [0.2, 0.25) is 9.94 Å². The van der Waals surface area contributed by atoms with E-state index >= 15 is 0 Å². The molecule has 8 heavy (non-hydrogen) atoms. The first-order valence-electron chi connectivity index (χ1n) is 1.79. The van der Waals surface area contributed by atoms with Crippen molar-refractivity contribution in [1.29, 1.82) is 0 Å². The van der Waals surface area contributed by atoms with Gasteiger partial charge in [0.25, 0.3) is 0 Å². The van der Waals surface area contributed by atoms with Gasteiger partial charge < -0.3 is 0 Å². The molecule has 0 radical (unpaired) electrons. The zero-order chi connectivity index (χ0) is 6.78. The molecular weight excluding hydrogens is 235 g/mol. The van der Waals surface area contributed by atoms with Crippen molar-refractivity contribution >= 4 is 19.4 Å². The predicted molar refractivity (Wildman–Crippen MR) is 26.0 cm³/mol. The fourth-order valence-corrected chi connectivity index (χ4v) is 1.39. The van der Waals surface area contributed by atoms with Crippen molar-refractivity contribution in [1.82, 2.24) is 0 Å².